The number of Topliss-reactive ketones (excluding diaryl/α,β-unsaturated/α-hetero) is 1. The molecule has 0 amide bonds. The van der Waals surface area contributed by atoms with Crippen LogP contribution in [0.5, 0.6) is 5.75 Å². The number of anilines is 2. The zero-order chi connectivity index (χ0) is 10.0. The summed E-state index contributed by atoms with van der Waals surface area (Å²) in [6.45, 7) is 0. The number of alkyl halides is 1. The van der Waals surface area contributed by atoms with Gasteiger partial charge in [-0.2, -0.15) is 0 Å². The van der Waals surface area contributed by atoms with Crippen molar-refractivity contribution in [1.82, 2.24) is 0 Å². The lowest BCUT2D eigenvalue weighted by atomic mass is 10.1. The van der Waals surface area contributed by atoms with E-state index in [1.54, 1.807) is 0 Å². The van der Waals surface area contributed by atoms with Crippen molar-refractivity contribution < 1.29 is 9.90 Å². The molecular weight excluding hydrogens is 192 g/mol. The van der Waals surface area contributed by atoms with Crippen LogP contribution in [0.15, 0.2) is 12.1 Å². The summed E-state index contributed by atoms with van der Waals surface area (Å²) in [4.78, 5) is 11.1. The van der Waals surface area contributed by atoms with Crippen LogP contribution in [-0.2, 0) is 0 Å². The molecule has 0 radical (unpaired) electrons. The quantitative estimate of drug-likeness (QED) is 0.287. The second kappa shape index (κ2) is 3.53. The highest BCUT2D eigenvalue weighted by Crippen LogP contribution is 2.28. The van der Waals surface area contributed by atoms with E-state index in [1.807, 2.05) is 0 Å². The smallest absolute Gasteiger partial charge is 0.177 e. The number of nitrogens with two attached hydrogens (primary N) is 2. The molecule has 0 aliphatic heterocycles. The first-order chi connectivity index (χ1) is 6.06. The van der Waals surface area contributed by atoms with Crippen LogP contribution in [0.1, 0.15) is 10.4 Å². The minimum Gasteiger partial charge on any atom is -0.506 e. The monoisotopic (exact) mass is 200 g/mol. The summed E-state index contributed by atoms with van der Waals surface area (Å²) in [6.07, 6.45) is 0. The largest absolute Gasteiger partial charge is 0.506 e. The number of rotatable bonds is 2. The molecule has 0 saturated carbocycles. The van der Waals surface area contributed by atoms with Gasteiger partial charge in [0.05, 0.1) is 17.3 Å². The van der Waals surface area contributed by atoms with Gasteiger partial charge in [-0.3, -0.25) is 4.79 Å². The predicted octanol–water partition coefficient (Wildman–Crippen LogP) is 0.978. The van der Waals surface area contributed by atoms with Crippen molar-refractivity contribution in [3.05, 3.63) is 17.7 Å². The molecule has 4 nitrogen and oxygen atoms in total. The van der Waals surface area contributed by atoms with Crippen LogP contribution < -0.4 is 11.5 Å². The van der Waals surface area contributed by atoms with E-state index in [1.165, 1.54) is 12.1 Å². The maximum Gasteiger partial charge on any atom is 0.177 e. The first-order valence-electron chi connectivity index (χ1n) is 3.53. The Morgan fingerprint density at radius 3 is 2.54 bits per heavy atom. The van der Waals surface area contributed by atoms with E-state index in [4.69, 9.17) is 23.1 Å². The lowest BCUT2D eigenvalue weighted by molar-refractivity contribution is 0.102. The highest BCUT2D eigenvalue weighted by Gasteiger charge is 2.09. The number of carbonyl (C=O) groups is 1. The molecule has 0 fully saturated rings. The van der Waals surface area contributed by atoms with Crippen LogP contribution >= 0.6 is 11.6 Å². The summed E-state index contributed by atoms with van der Waals surface area (Å²) in [5.74, 6) is -0.653. The third-order valence-corrected chi connectivity index (χ3v) is 1.88. The molecule has 0 spiro atoms. The van der Waals surface area contributed by atoms with Gasteiger partial charge in [0.2, 0.25) is 0 Å². The molecule has 0 aromatic heterocycles. The van der Waals surface area contributed by atoms with E-state index in [0.717, 1.165) is 0 Å². The Hall–Kier alpha value is -1.42. The van der Waals surface area contributed by atoms with Gasteiger partial charge in [-0.1, -0.05) is 0 Å². The molecule has 1 rings (SSSR count). The van der Waals surface area contributed by atoms with Gasteiger partial charge >= 0.3 is 0 Å². The summed E-state index contributed by atoms with van der Waals surface area (Å²) >= 11 is 5.33. The molecule has 5 heteroatoms. The number of halogens is 1. The highest BCUT2D eigenvalue weighted by molar-refractivity contribution is 6.30. The summed E-state index contributed by atoms with van der Waals surface area (Å²) in [5.41, 5.74) is 11.3. The molecule has 0 bridgehead atoms. The second-order valence-electron chi connectivity index (χ2n) is 2.56. The zero-order valence-corrected chi connectivity index (χ0v) is 7.51. The first-order valence-corrected chi connectivity index (χ1v) is 4.07. The molecule has 0 aliphatic carbocycles. The Morgan fingerprint density at radius 2 is 2.08 bits per heavy atom. The Kier molecular flexibility index (Phi) is 2.63. The number of hydrogen-bond acceptors (Lipinski definition) is 4. The van der Waals surface area contributed by atoms with Gasteiger partial charge in [0.25, 0.3) is 0 Å². The third-order valence-electron chi connectivity index (χ3n) is 1.63. The second-order valence-corrected chi connectivity index (χ2v) is 2.82. The van der Waals surface area contributed by atoms with Crippen molar-refractivity contribution >= 4 is 28.8 Å². The number of phenolic OH excluding ortho intramolecular Hbond substituents is 1. The maximum atomic E-state index is 11.1. The van der Waals surface area contributed by atoms with E-state index in [0.29, 0.717) is 0 Å². The van der Waals surface area contributed by atoms with Gasteiger partial charge in [0.15, 0.2) is 5.78 Å². The molecule has 0 aliphatic rings. The maximum absolute atomic E-state index is 11.1. The number of carbonyl (C=O) groups excluding carboxylic acids is 1. The molecule has 70 valence electrons. The summed E-state index contributed by atoms with van der Waals surface area (Å²) in [7, 11) is 0. The summed E-state index contributed by atoms with van der Waals surface area (Å²) < 4.78 is 0. The molecule has 5 N–H and O–H groups in total. The third kappa shape index (κ3) is 1.84. The lowest BCUT2D eigenvalue weighted by Gasteiger charge is -2.05. The van der Waals surface area contributed by atoms with E-state index in [9.17, 15) is 9.90 Å². The van der Waals surface area contributed by atoms with Crippen LogP contribution in [0.25, 0.3) is 0 Å². The fourth-order valence-corrected chi connectivity index (χ4v) is 1.05. The van der Waals surface area contributed by atoms with Crippen LogP contribution in [0, 0.1) is 0 Å². The minimum atomic E-state index is -0.302. The van der Waals surface area contributed by atoms with Gasteiger partial charge in [-0.15, -0.1) is 11.6 Å². The van der Waals surface area contributed by atoms with Crippen molar-refractivity contribution in [2.45, 2.75) is 0 Å². The number of hydrogen-bond donors (Lipinski definition) is 3. The normalized spacial score (nSPS) is 9.92. The SMILES string of the molecule is Nc1cc(C(=O)CCl)cc(O)c1N. The van der Waals surface area contributed by atoms with Crippen LogP contribution in [-0.4, -0.2) is 16.8 Å². The van der Waals surface area contributed by atoms with Crippen molar-refractivity contribution in [1.29, 1.82) is 0 Å². The van der Waals surface area contributed by atoms with E-state index in [-0.39, 0.29) is 34.4 Å². The van der Waals surface area contributed by atoms with Crippen molar-refractivity contribution in [3.63, 3.8) is 0 Å². The van der Waals surface area contributed by atoms with Gasteiger partial charge < -0.3 is 16.6 Å². The molecule has 0 heterocycles. The predicted molar refractivity (Wildman–Crippen MR) is 52.0 cm³/mol. The molecule has 1 aromatic rings. The van der Waals surface area contributed by atoms with Crippen molar-refractivity contribution in [2.24, 2.45) is 0 Å². The number of benzene rings is 1. The van der Waals surface area contributed by atoms with Crippen LogP contribution in [0.2, 0.25) is 0 Å². The molecule has 0 unspecified atom stereocenters. The number of ketones is 1. The van der Waals surface area contributed by atoms with E-state index >= 15 is 0 Å². The molecular formula is C8H9ClN2O2. The van der Waals surface area contributed by atoms with Crippen molar-refractivity contribution in [3.8, 4) is 5.75 Å². The molecule has 0 atom stereocenters. The molecule has 13 heavy (non-hydrogen) atoms. The van der Waals surface area contributed by atoms with E-state index in [2.05, 4.69) is 0 Å². The Labute approximate surface area is 80.1 Å². The average Bonchev–Trinajstić information content (AvgIpc) is 2.12. The number of phenols is 1. The van der Waals surface area contributed by atoms with E-state index < -0.39 is 0 Å². The summed E-state index contributed by atoms with van der Waals surface area (Å²) in [6, 6.07) is 2.64. The Morgan fingerprint density at radius 1 is 1.46 bits per heavy atom. The standard InChI is InChI=1S/C8H9ClN2O2/c9-3-7(13)4-1-5(10)8(11)6(12)2-4/h1-2,12H,3,10-11H2. The topological polar surface area (TPSA) is 89.3 Å². The van der Waals surface area contributed by atoms with Gasteiger partial charge in [-0.25, -0.2) is 0 Å². The minimum absolute atomic E-state index is 0.0751. The highest BCUT2D eigenvalue weighted by atomic mass is 35.5. The van der Waals surface area contributed by atoms with Crippen LogP contribution in [0.3, 0.4) is 0 Å². The van der Waals surface area contributed by atoms with Crippen molar-refractivity contribution in [2.75, 3.05) is 17.3 Å². The first kappa shape index (κ1) is 9.67. The average molecular weight is 201 g/mol. The molecule has 0 saturated heterocycles. The Balaban J connectivity index is 3.20. The fraction of sp³-hybridized carbons (Fsp3) is 0.125. The Bertz CT molecular complexity index is 329. The van der Waals surface area contributed by atoms with Gasteiger partial charge in [0, 0.05) is 5.56 Å². The molecule has 1 aromatic carbocycles. The van der Waals surface area contributed by atoms with Gasteiger partial charge in [-0.05, 0) is 12.1 Å². The zero-order valence-electron chi connectivity index (χ0n) is 6.75. The fourth-order valence-electron chi connectivity index (χ4n) is 0.898. The number of aromatic hydroxyl groups is 1. The summed E-state index contributed by atoms with van der Waals surface area (Å²) in [5, 5.41) is 9.23. The van der Waals surface area contributed by atoms with Crippen LogP contribution in [0.4, 0.5) is 11.4 Å². The van der Waals surface area contributed by atoms with Gasteiger partial charge in [0.1, 0.15) is 5.75 Å². The lowest BCUT2D eigenvalue weighted by Crippen LogP contribution is -2.03. The number of nitrogen functional groups attached to an aromatic ring is 2.